The van der Waals surface area contributed by atoms with Crippen LogP contribution >= 0.6 is 0 Å². The molecule has 0 spiro atoms. The third kappa shape index (κ3) is 3.46. The molecule has 2 aromatic rings. The van der Waals surface area contributed by atoms with Crippen LogP contribution in [0.3, 0.4) is 0 Å². The molecule has 6 heteroatoms. The molecule has 148 valence electrons. The number of hydrogen-bond donors (Lipinski definition) is 2. The Kier molecular flexibility index (Phi) is 4.46. The molecule has 6 nitrogen and oxygen atoms in total. The van der Waals surface area contributed by atoms with E-state index >= 15 is 0 Å². The van der Waals surface area contributed by atoms with Gasteiger partial charge in [0.1, 0.15) is 0 Å². The number of carboxylic acids is 1. The molecular weight excluding hydrogens is 354 g/mol. The Bertz CT molecular complexity index is 838. The van der Waals surface area contributed by atoms with E-state index in [0.29, 0.717) is 30.7 Å². The van der Waals surface area contributed by atoms with E-state index in [9.17, 15) is 4.79 Å². The number of aliphatic carboxylic acids is 1. The largest absolute Gasteiger partial charge is 0.481 e. The number of hydrogen-bond acceptors (Lipinski definition) is 5. The molecular formula is C22H27N3O3. The predicted molar refractivity (Wildman–Crippen MR) is 103 cm³/mol. The first-order valence-corrected chi connectivity index (χ1v) is 10.5. The third-order valence-corrected chi connectivity index (χ3v) is 6.92. The summed E-state index contributed by atoms with van der Waals surface area (Å²) in [6.07, 6.45) is 6.46. The van der Waals surface area contributed by atoms with Gasteiger partial charge in [-0.1, -0.05) is 35.5 Å². The molecule has 28 heavy (non-hydrogen) atoms. The second-order valence-electron chi connectivity index (χ2n) is 8.86. The Hall–Kier alpha value is -2.21. The maximum absolute atomic E-state index is 11.1. The van der Waals surface area contributed by atoms with Gasteiger partial charge in [0.2, 0.25) is 5.89 Å². The molecule has 3 aliphatic rings. The van der Waals surface area contributed by atoms with Crippen molar-refractivity contribution in [2.24, 2.45) is 5.92 Å². The van der Waals surface area contributed by atoms with Crippen LogP contribution in [0.1, 0.15) is 74.1 Å². The van der Waals surface area contributed by atoms with E-state index in [1.165, 1.54) is 12.0 Å². The summed E-state index contributed by atoms with van der Waals surface area (Å²) >= 11 is 0. The first kappa shape index (κ1) is 17.9. The monoisotopic (exact) mass is 381 g/mol. The van der Waals surface area contributed by atoms with Crippen molar-refractivity contribution in [2.45, 2.75) is 68.2 Å². The Balaban J connectivity index is 1.17. The second-order valence-corrected chi connectivity index (χ2v) is 8.86. The van der Waals surface area contributed by atoms with E-state index in [0.717, 1.165) is 38.1 Å². The average molecular weight is 381 g/mol. The molecule has 0 unspecified atom stereocenters. The summed E-state index contributed by atoms with van der Waals surface area (Å²) in [5.74, 6) is 1.50. The standard InChI is InChI=1S/C22H27N3O3/c26-20(27)16-8-6-15(7-9-16)19-24-21(25-28-19)22(10-11-22)13-23-18-12-17(18)14-4-2-1-3-5-14/h1-5,15-18,23H,6-13H2,(H,26,27)/t15?,16?,17-,18+/m0/s1. The van der Waals surface area contributed by atoms with Crippen LogP contribution < -0.4 is 5.32 Å². The van der Waals surface area contributed by atoms with Crippen molar-refractivity contribution < 1.29 is 14.4 Å². The van der Waals surface area contributed by atoms with Crippen molar-refractivity contribution >= 4 is 5.97 Å². The van der Waals surface area contributed by atoms with Gasteiger partial charge >= 0.3 is 5.97 Å². The fourth-order valence-electron chi connectivity index (χ4n) is 4.65. The van der Waals surface area contributed by atoms with Crippen LogP contribution in [0.25, 0.3) is 0 Å². The van der Waals surface area contributed by atoms with Crippen molar-refractivity contribution in [3.8, 4) is 0 Å². The molecule has 3 aliphatic carbocycles. The smallest absolute Gasteiger partial charge is 0.306 e. The maximum atomic E-state index is 11.1. The summed E-state index contributed by atoms with van der Waals surface area (Å²) in [7, 11) is 0. The maximum Gasteiger partial charge on any atom is 0.306 e. The van der Waals surface area contributed by atoms with Gasteiger partial charge in [-0.05, 0) is 50.5 Å². The number of nitrogens with zero attached hydrogens (tertiary/aromatic N) is 2. The quantitative estimate of drug-likeness (QED) is 0.762. The number of rotatable bonds is 7. The zero-order chi connectivity index (χ0) is 19.1. The highest BCUT2D eigenvalue weighted by molar-refractivity contribution is 5.70. The lowest BCUT2D eigenvalue weighted by Crippen LogP contribution is -2.30. The van der Waals surface area contributed by atoms with Gasteiger partial charge in [0, 0.05) is 29.8 Å². The number of nitrogens with one attached hydrogen (secondary N) is 1. The van der Waals surface area contributed by atoms with Crippen molar-refractivity contribution in [2.75, 3.05) is 6.54 Å². The predicted octanol–water partition coefficient (Wildman–Crippen LogP) is 3.61. The molecule has 2 N–H and O–H groups in total. The Labute approximate surface area is 164 Å². The van der Waals surface area contributed by atoms with E-state index in [1.54, 1.807) is 0 Å². The highest BCUT2D eigenvalue weighted by atomic mass is 16.5. The Morgan fingerprint density at radius 2 is 1.93 bits per heavy atom. The summed E-state index contributed by atoms with van der Waals surface area (Å²) in [5, 5.41) is 17.2. The van der Waals surface area contributed by atoms with E-state index in [-0.39, 0.29) is 17.3 Å². The Morgan fingerprint density at radius 3 is 2.61 bits per heavy atom. The van der Waals surface area contributed by atoms with Crippen molar-refractivity contribution in [3.63, 3.8) is 0 Å². The SMILES string of the molecule is O=C(O)C1CCC(c2nc(C3(CN[C@@H]4C[C@H]4c4ccccc4)CC3)no2)CC1. The van der Waals surface area contributed by atoms with E-state index in [2.05, 4.69) is 40.8 Å². The van der Waals surface area contributed by atoms with Gasteiger partial charge in [-0.3, -0.25) is 4.79 Å². The zero-order valence-corrected chi connectivity index (χ0v) is 16.0. The second kappa shape index (κ2) is 6.99. The normalized spacial score (nSPS) is 30.7. The average Bonchev–Trinajstić information content (AvgIpc) is 3.64. The lowest BCUT2D eigenvalue weighted by molar-refractivity contribution is -0.142. The summed E-state index contributed by atoms with van der Waals surface area (Å²) in [5.41, 5.74) is 1.45. The van der Waals surface area contributed by atoms with Crippen LogP contribution in [0.4, 0.5) is 0 Å². The molecule has 0 amide bonds. The summed E-state index contributed by atoms with van der Waals surface area (Å²) < 4.78 is 5.60. The number of carbonyl (C=O) groups is 1. The molecule has 0 aliphatic heterocycles. The van der Waals surface area contributed by atoms with E-state index in [1.807, 2.05) is 0 Å². The van der Waals surface area contributed by atoms with Crippen molar-refractivity contribution in [1.29, 1.82) is 0 Å². The first-order valence-electron chi connectivity index (χ1n) is 10.5. The number of aromatic nitrogens is 2. The molecule has 2 atom stereocenters. The lowest BCUT2D eigenvalue weighted by atomic mass is 9.82. The highest BCUT2D eigenvalue weighted by Crippen LogP contribution is 2.48. The summed E-state index contributed by atoms with van der Waals surface area (Å²) in [4.78, 5) is 15.9. The fourth-order valence-corrected chi connectivity index (χ4v) is 4.65. The van der Waals surface area contributed by atoms with Gasteiger partial charge < -0.3 is 14.9 Å². The Morgan fingerprint density at radius 1 is 1.18 bits per heavy atom. The van der Waals surface area contributed by atoms with Crippen LogP contribution in [-0.2, 0) is 10.2 Å². The molecule has 1 aromatic heterocycles. The minimum Gasteiger partial charge on any atom is -0.481 e. The van der Waals surface area contributed by atoms with E-state index < -0.39 is 5.97 Å². The van der Waals surface area contributed by atoms with Crippen LogP contribution in [-0.4, -0.2) is 33.8 Å². The number of carboxylic acid groups (broad SMARTS) is 1. The van der Waals surface area contributed by atoms with Crippen LogP contribution in [0.15, 0.2) is 34.9 Å². The molecule has 1 aromatic carbocycles. The van der Waals surface area contributed by atoms with Crippen LogP contribution in [0.2, 0.25) is 0 Å². The summed E-state index contributed by atoms with van der Waals surface area (Å²) in [6, 6.07) is 11.3. The molecule has 0 bridgehead atoms. The number of benzene rings is 1. The highest BCUT2D eigenvalue weighted by Gasteiger charge is 2.50. The molecule has 5 rings (SSSR count). The minimum atomic E-state index is -0.679. The van der Waals surface area contributed by atoms with Gasteiger partial charge in [-0.25, -0.2) is 0 Å². The molecule has 0 radical (unpaired) electrons. The molecule has 3 saturated carbocycles. The molecule has 0 saturated heterocycles. The topological polar surface area (TPSA) is 88.2 Å². The third-order valence-electron chi connectivity index (χ3n) is 6.92. The van der Waals surface area contributed by atoms with Gasteiger partial charge in [0.15, 0.2) is 5.82 Å². The van der Waals surface area contributed by atoms with Crippen LogP contribution in [0.5, 0.6) is 0 Å². The molecule has 1 heterocycles. The van der Waals surface area contributed by atoms with Crippen LogP contribution in [0, 0.1) is 5.92 Å². The minimum absolute atomic E-state index is 0.0316. The van der Waals surface area contributed by atoms with Gasteiger partial charge in [0.25, 0.3) is 0 Å². The zero-order valence-electron chi connectivity index (χ0n) is 16.0. The first-order chi connectivity index (χ1) is 13.6. The van der Waals surface area contributed by atoms with Crippen molar-refractivity contribution in [3.05, 3.63) is 47.6 Å². The molecule has 3 fully saturated rings. The fraction of sp³-hybridized carbons (Fsp3) is 0.591. The lowest BCUT2D eigenvalue weighted by Gasteiger charge is -2.23. The van der Waals surface area contributed by atoms with Crippen molar-refractivity contribution in [1.82, 2.24) is 15.5 Å². The van der Waals surface area contributed by atoms with Gasteiger partial charge in [0.05, 0.1) is 5.92 Å². The summed E-state index contributed by atoms with van der Waals surface area (Å²) in [6.45, 7) is 0.908. The van der Waals surface area contributed by atoms with Gasteiger partial charge in [-0.15, -0.1) is 0 Å². The van der Waals surface area contributed by atoms with E-state index in [4.69, 9.17) is 14.6 Å². The van der Waals surface area contributed by atoms with Gasteiger partial charge in [-0.2, -0.15) is 4.98 Å².